The van der Waals surface area contributed by atoms with Crippen molar-refractivity contribution in [3.05, 3.63) is 23.3 Å². The van der Waals surface area contributed by atoms with Crippen molar-refractivity contribution in [3.63, 3.8) is 0 Å². The fourth-order valence-electron chi connectivity index (χ4n) is 9.10. The molecule has 6 rings (SSSR count). The van der Waals surface area contributed by atoms with Gasteiger partial charge in [0.25, 0.3) is 0 Å². The van der Waals surface area contributed by atoms with Crippen molar-refractivity contribution in [1.29, 1.82) is 0 Å². The molecule has 8 nitrogen and oxygen atoms in total. The first-order valence-corrected chi connectivity index (χ1v) is 14.4. The highest BCUT2D eigenvalue weighted by Gasteiger charge is 2.68. The van der Waals surface area contributed by atoms with Crippen LogP contribution in [0.15, 0.2) is 23.3 Å². The number of aliphatic hydroxyl groups excluding tert-OH is 1. The van der Waals surface area contributed by atoms with E-state index in [1.165, 1.54) is 6.08 Å². The first-order chi connectivity index (χ1) is 18.0. The highest BCUT2D eigenvalue weighted by atomic mass is 16.7. The second kappa shape index (κ2) is 9.23. The number of fused-ring (bicyclic) bond motifs is 5. The van der Waals surface area contributed by atoms with Gasteiger partial charge in [0.15, 0.2) is 12.1 Å². The Kier molecular flexibility index (Phi) is 6.47. The molecule has 0 aromatic heterocycles. The molecule has 11 unspecified atom stereocenters. The maximum absolute atomic E-state index is 13.9. The summed E-state index contributed by atoms with van der Waals surface area (Å²) in [5.41, 5.74) is -0.253. The van der Waals surface area contributed by atoms with Crippen LogP contribution >= 0.6 is 0 Å². The van der Waals surface area contributed by atoms with E-state index in [1.807, 2.05) is 19.9 Å². The maximum atomic E-state index is 13.9. The quantitative estimate of drug-likeness (QED) is 0.421. The summed E-state index contributed by atoms with van der Waals surface area (Å²) >= 11 is 0. The summed E-state index contributed by atoms with van der Waals surface area (Å²) in [6.45, 7) is 6.26. The van der Waals surface area contributed by atoms with Crippen LogP contribution in [0, 0.1) is 28.6 Å². The molecule has 210 valence electrons. The van der Waals surface area contributed by atoms with E-state index in [4.69, 9.17) is 18.9 Å². The Bertz CT molecular complexity index is 1070. The molecular weight excluding hydrogens is 488 g/mol. The molecule has 38 heavy (non-hydrogen) atoms. The number of aliphatic hydroxyl groups is 2. The van der Waals surface area contributed by atoms with Crippen LogP contribution in [0.3, 0.4) is 0 Å². The van der Waals surface area contributed by atoms with Crippen molar-refractivity contribution in [2.45, 2.75) is 108 Å². The highest BCUT2D eigenvalue weighted by molar-refractivity contribution is 5.99. The number of methoxy groups -OCH3 is 1. The molecule has 2 heterocycles. The zero-order valence-electron chi connectivity index (χ0n) is 23.0. The lowest BCUT2D eigenvalue weighted by atomic mass is 9.47. The van der Waals surface area contributed by atoms with Gasteiger partial charge in [-0.15, -0.1) is 0 Å². The number of esters is 1. The van der Waals surface area contributed by atoms with E-state index in [-0.39, 0.29) is 53.9 Å². The lowest BCUT2D eigenvalue weighted by Crippen LogP contribution is -2.61. The molecule has 11 atom stereocenters. The van der Waals surface area contributed by atoms with Crippen molar-refractivity contribution in [2.75, 3.05) is 13.7 Å². The van der Waals surface area contributed by atoms with E-state index < -0.39 is 23.4 Å². The number of ether oxygens (including phenoxy) is 4. The third-order valence-corrected chi connectivity index (χ3v) is 11.5. The monoisotopic (exact) mass is 530 g/mol. The Morgan fingerprint density at radius 1 is 1.03 bits per heavy atom. The number of ketones is 1. The van der Waals surface area contributed by atoms with Gasteiger partial charge < -0.3 is 29.2 Å². The minimum atomic E-state index is -1.12. The zero-order valence-corrected chi connectivity index (χ0v) is 23.0. The molecule has 8 heteroatoms. The van der Waals surface area contributed by atoms with Crippen molar-refractivity contribution in [1.82, 2.24) is 0 Å². The van der Waals surface area contributed by atoms with E-state index in [1.54, 1.807) is 7.11 Å². The molecule has 3 saturated carbocycles. The second-order valence-electron chi connectivity index (χ2n) is 13.1. The summed E-state index contributed by atoms with van der Waals surface area (Å²) < 4.78 is 23.0. The average Bonchev–Trinajstić information content (AvgIpc) is 3.43. The molecule has 6 aliphatic rings. The number of carbonyl (C=O) groups is 2. The van der Waals surface area contributed by atoms with E-state index in [0.717, 1.165) is 43.3 Å². The number of carbonyl (C=O) groups excluding carboxylic acids is 2. The minimum Gasteiger partial charge on any atom is -0.458 e. The summed E-state index contributed by atoms with van der Waals surface area (Å²) in [5.74, 6) is -0.240. The van der Waals surface area contributed by atoms with E-state index >= 15 is 0 Å². The summed E-state index contributed by atoms with van der Waals surface area (Å²) in [6, 6.07) is 0. The SMILES string of the molecule is COC1CC(OC2CCC3(C)C4=CC(=O)C5(C)C(C6=CC(=O)OC6)CCC5(O)C4CCC3C2)OC(C)C1O. The van der Waals surface area contributed by atoms with Crippen molar-refractivity contribution >= 4 is 11.8 Å². The lowest BCUT2D eigenvalue weighted by molar-refractivity contribution is -0.269. The largest absolute Gasteiger partial charge is 0.458 e. The molecule has 0 aromatic rings. The van der Waals surface area contributed by atoms with Gasteiger partial charge in [0.1, 0.15) is 12.7 Å². The minimum absolute atomic E-state index is 0.0111. The van der Waals surface area contributed by atoms with Crippen LogP contribution in [0.4, 0.5) is 0 Å². The van der Waals surface area contributed by atoms with Gasteiger partial charge in [0, 0.05) is 25.5 Å². The fourth-order valence-corrected chi connectivity index (χ4v) is 9.10. The van der Waals surface area contributed by atoms with Crippen LogP contribution in [0.5, 0.6) is 0 Å². The first-order valence-electron chi connectivity index (χ1n) is 14.4. The number of hydrogen-bond acceptors (Lipinski definition) is 8. The van der Waals surface area contributed by atoms with E-state index in [9.17, 15) is 19.8 Å². The van der Waals surface area contributed by atoms with E-state index in [2.05, 4.69) is 6.92 Å². The summed E-state index contributed by atoms with van der Waals surface area (Å²) in [5, 5.41) is 22.6. The van der Waals surface area contributed by atoms with Gasteiger partial charge in [-0.05, 0) is 87.7 Å². The Morgan fingerprint density at radius 3 is 2.53 bits per heavy atom. The van der Waals surface area contributed by atoms with Crippen LogP contribution in [0.2, 0.25) is 0 Å². The number of cyclic esters (lactones) is 1. The molecule has 0 bridgehead atoms. The third-order valence-electron chi connectivity index (χ3n) is 11.5. The molecular formula is C30H42O8. The van der Waals surface area contributed by atoms with Crippen LogP contribution < -0.4 is 0 Å². The standard InChI is InChI=1S/C30H42O8/c1-16-27(33)23(35-4)14-26(37-16)38-19-7-9-28(2)18(12-19)5-6-21-22(28)13-24(31)29(3)20(8-10-30(21,29)34)17-11-25(32)36-15-17/h11,13,16,18-21,23,26-27,33-34H,5-10,12,14-15H2,1-4H3. The third kappa shape index (κ3) is 3.74. The van der Waals surface area contributed by atoms with Crippen LogP contribution in [0.1, 0.15) is 72.1 Å². The Labute approximate surface area is 224 Å². The van der Waals surface area contributed by atoms with Crippen molar-refractivity contribution in [3.8, 4) is 0 Å². The molecule has 2 aliphatic heterocycles. The summed E-state index contributed by atoms with van der Waals surface area (Å²) in [7, 11) is 1.61. The van der Waals surface area contributed by atoms with Gasteiger partial charge in [0.2, 0.25) is 0 Å². The van der Waals surface area contributed by atoms with Gasteiger partial charge in [-0.3, -0.25) is 4.79 Å². The predicted molar refractivity (Wildman–Crippen MR) is 137 cm³/mol. The molecule has 0 radical (unpaired) electrons. The Morgan fingerprint density at radius 2 is 1.82 bits per heavy atom. The van der Waals surface area contributed by atoms with Gasteiger partial charge in [0.05, 0.1) is 29.3 Å². The number of hydrogen-bond donors (Lipinski definition) is 2. The first kappa shape index (κ1) is 26.6. The van der Waals surface area contributed by atoms with Gasteiger partial charge in [-0.25, -0.2) is 4.79 Å². The Balaban J connectivity index is 1.21. The van der Waals surface area contributed by atoms with Gasteiger partial charge in [-0.2, -0.15) is 0 Å². The lowest BCUT2D eigenvalue weighted by Gasteiger charge is -2.59. The fraction of sp³-hybridized carbons (Fsp3) is 0.800. The summed E-state index contributed by atoms with van der Waals surface area (Å²) in [4.78, 5) is 25.7. The molecule has 2 N–H and O–H groups in total. The smallest absolute Gasteiger partial charge is 0.331 e. The number of rotatable bonds is 4. The number of allylic oxidation sites excluding steroid dienone is 1. The topological polar surface area (TPSA) is 112 Å². The maximum Gasteiger partial charge on any atom is 0.331 e. The molecule has 0 spiro atoms. The molecule has 0 aromatic carbocycles. The zero-order chi connectivity index (χ0) is 27.0. The molecule has 0 amide bonds. The Hall–Kier alpha value is -1.58. The second-order valence-corrected chi connectivity index (χ2v) is 13.1. The van der Waals surface area contributed by atoms with Crippen LogP contribution in [-0.2, 0) is 28.5 Å². The average molecular weight is 531 g/mol. The molecule has 1 saturated heterocycles. The summed E-state index contributed by atoms with van der Waals surface area (Å²) in [6.07, 6.45) is 7.91. The van der Waals surface area contributed by atoms with Crippen LogP contribution in [0.25, 0.3) is 0 Å². The molecule has 4 aliphatic carbocycles. The van der Waals surface area contributed by atoms with E-state index in [0.29, 0.717) is 25.2 Å². The molecule has 4 fully saturated rings. The van der Waals surface area contributed by atoms with Gasteiger partial charge in [-0.1, -0.05) is 12.5 Å². The highest BCUT2D eigenvalue weighted by Crippen LogP contribution is 2.67. The van der Waals surface area contributed by atoms with Crippen molar-refractivity contribution in [2.24, 2.45) is 28.6 Å². The normalized spacial score (nSPS) is 50.5. The van der Waals surface area contributed by atoms with Crippen molar-refractivity contribution < 1.29 is 38.7 Å². The van der Waals surface area contributed by atoms with Crippen LogP contribution in [-0.4, -0.2) is 72.0 Å². The van der Waals surface area contributed by atoms with Gasteiger partial charge >= 0.3 is 5.97 Å². The predicted octanol–water partition coefficient (Wildman–Crippen LogP) is 3.24.